The lowest BCUT2D eigenvalue weighted by Crippen LogP contribution is -2.21. The van der Waals surface area contributed by atoms with Crippen LogP contribution in [0, 0.1) is 5.92 Å². The Morgan fingerprint density at radius 1 is 1.30 bits per heavy atom. The zero-order valence-electron chi connectivity index (χ0n) is 7.19. The summed E-state index contributed by atoms with van der Waals surface area (Å²) in [6, 6.07) is 0. The van der Waals surface area contributed by atoms with Crippen LogP contribution in [-0.4, -0.2) is 19.6 Å². The highest BCUT2D eigenvalue weighted by atomic mass is 14.8. The van der Waals surface area contributed by atoms with Crippen LogP contribution in [0.25, 0.3) is 0 Å². The van der Waals surface area contributed by atoms with Crippen molar-refractivity contribution in [3.63, 3.8) is 0 Å². The van der Waals surface area contributed by atoms with E-state index in [1.807, 2.05) is 0 Å². The maximum atomic E-state index is 5.34. The number of hydrogen-bond acceptors (Lipinski definition) is 2. The second-order valence-electron chi connectivity index (χ2n) is 3.09. The topological polar surface area (TPSA) is 38.0 Å². The van der Waals surface area contributed by atoms with Crippen molar-refractivity contribution in [1.82, 2.24) is 5.32 Å². The molecule has 0 aliphatic carbocycles. The Hall–Kier alpha value is -0.0800. The van der Waals surface area contributed by atoms with Crippen molar-refractivity contribution in [3.05, 3.63) is 0 Å². The average molecular weight is 144 g/mol. The number of unbranched alkanes of at least 4 members (excludes halogenated alkanes) is 1. The summed E-state index contributed by atoms with van der Waals surface area (Å²) in [6.45, 7) is 7.51. The van der Waals surface area contributed by atoms with Crippen LogP contribution in [0.2, 0.25) is 0 Å². The van der Waals surface area contributed by atoms with E-state index in [0.717, 1.165) is 32.0 Å². The molecule has 0 aromatic carbocycles. The van der Waals surface area contributed by atoms with Gasteiger partial charge in [-0.05, 0) is 38.4 Å². The fourth-order valence-electron chi connectivity index (χ4n) is 0.785. The molecule has 10 heavy (non-hydrogen) atoms. The lowest BCUT2D eigenvalue weighted by atomic mass is 10.2. The highest BCUT2D eigenvalue weighted by Crippen LogP contribution is 1.88. The van der Waals surface area contributed by atoms with Gasteiger partial charge in [-0.3, -0.25) is 0 Å². The normalized spacial score (nSPS) is 10.8. The lowest BCUT2D eigenvalue weighted by molar-refractivity contribution is 0.537. The zero-order chi connectivity index (χ0) is 7.82. The molecule has 0 aromatic rings. The van der Waals surface area contributed by atoms with Gasteiger partial charge in [-0.25, -0.2) is 0 Å². The molecule has 0 aromatic heterocycles. The SMILES string of the molecule is CC(C)CNCCCCN. The summed E-state index contributed by atoms with van der Waals surface area (Å²) in [6.07, 6.45) is 2.36. The first kappa shape index (κ1) is 9.92. The van der Waals surface area contributed by atoms with E-state index in [1.54, 1.807) is 0 Å². The van der Waals surface area contributed by atoms with Gasteiger partial charge in [0.2, 0.25) is 0 Å². The van der Waals surface area contributed by atoms with Gasteiger partial charge in [-0.1, -0.05) is 13.8 Å². The minimum Gasteiger partial charge on any atom is -0.330 e. The maximum absolute atomic E-state index is 5.34. The van der Waals surface area contributed by atoms with E-state index in [4.69, 9.17) is 5.73 Å². The molecule has 2 heteroatoms. The summed E-state index contributed by atoms with van der Waals surface area (Å²) >= 11 is 0. The van der Waals surface area contributed by atoms with Crippen molar-refractivity contribution >= 4 is 0 Å². The van der Waals surface area contributed by atoms with Crippen LogP contribution >= 0.6 is 0 Å². The molecule has 0 spiro atoms. The summed E-state index contributed by atoms with van der Waals surface area (Å²) in [5.74, 6) is 0.762. The van der Waals surface area contributed by atoms with Crippen molar-refractivity contribution in [2.24, 2.45) is 11.7 Å². The van der Waals surface area contributed by atoms with Gasteiger partial charge < -0.3 is 11.1 Å². The number of rotatable bonds is 6. The third-order valence-electron chi connectivity index (χ3n) is 1.36. The van der Waals surface area contributed by atoms with Crippen LogP contribution in [-0.2, 0) is 0 Å². The molecule has 0 saturated carbocycles. The average Bonchev–Trinajstić information content (AvgIpc) is 1.87. The summed E-state index contributed by atoms with van der Waals surface area (Å²) in [5, 5.41) is 3.36. The molecular formula is C8H20N2. The predicted octanol–water partition coefficient (Wildman–Crippen LogP) is 0.971. The molecule has 0 aliphatic rings. The van der Waals surface area contributed by atoms with E-state index in [2.05, 4.69) is 19.2 Å². The second-order valence-corrected chi connectivity index (χ2v) is 3.09. The molecule has 0 heterocycles. The minimum absolute atomic E-state index is 0.762. The molecule has 0 bridgehead atoms. The summed E-state index contributed by atoms with van der Waals surface area (Å²) in [7, 11) is 0. The number of nitrogens with one attached hydrogen (secondary N) is 1. The van der Waals surface area contributed by atoms with Gasteiger partial charge in [0.05, 0.1) is 0 Å². The third-order valence-corrected chi connectivity index (χ3v) is 1.36. The fraction of sp³-hybridized carbons (Fsp3) is 1.00. The third kappa shape index (κ3) is 7.92. The Bertz CT molecular complexity index is 62.3. The standard InChI is InChI=1S/C8H20N2/c1-8(2)7-10-6-4-3-5-9/h8,10H,3-7,9H2,1-2H3. The Kier molecular flexibility index (Phi) is 6.98. The lowest BCUT2D eigenvalue weighted by Gasteiger charge is -2.05. The molecule has 2 nitrogen and oxygen atoms in total. The van der Waals surface area contributed by atoms with E-state index in [-0.39, 0.29) is 0 Å². The highest BCUT2D eigenvalue weighted by Gasteiger charge is 1.90. The van der Waals surface area contributed by atoms with E-state index < -0.39 is 0 Å². The van der Waals surface area contributed by atoms with Crippen molar-refractivity contribution in [1.29, 1.82) is 0 Å². The molecule has 0 amide bonds. The van der Waals surface area contributed by atoms with Crippen LogP contribution in [0.3, 0.4) is 0 Å². The summed E-state index contributed by atoms with van der Waals surface area (Å²) < 4.78 is 0. The van der Waals surface area contributed by atoms with Crippen molar-refractivity contribution in [2.45, 2.75) is 26.7 Å². The smallest absolute Gasteiger partial charge is 0.00258 e. The minimum atomic E-state index is 0.762. The Labute approximate surface area is 64.2 Å². The van der Waals surface area contributed by atoms with Gasteiger partial charge in [0.15, 0.2) is 0 Å². The predicted molar refractivity (Wildman–Crippen MR) is 46.0 cm³/mol. The fourth-order valence-corrected chi connectivity index (χ4v) is 0.785. The number of nitrogens with two attached hydrogens (primary N) is 1. The molecule has 0 unspecified atom stereocenters. The zero-order valence-corrected chi connectivity index (χ0v) is 7.19. The molecule has 0 radical (unpaired) electrons. The van der Waals surface area contributed by atoms with Crippen LogP contribution in [0.1, 0.15) is 26.7 Å². The first-order valence-electron chi connectivity index (χ1n) is 4.18. The van der Waals surface area contributed by atoms with Crippen molar-refractivity contribution in [2.75, 3.05) is 19.6 Å². The first-order valence-corrected chi connectivity index (χ1v) is 4.18. The van der Waals surface area contributed by atoms with Crippen LogP contribution in [0.4, 0.5) is 0 Å². The molecule has 0 fully saturated rings. The monoisotopic (exact) mass is 144 g/mol. The van der Waals surface area contributed by atoms with Crippen LogP contribution in [0.5, 0.6) is 0 Å². The molecule has 0 saturated heterocycles. The van der Waals surface area contributed by atoms with E-state index >= 15 is 0 Å². The summed E-state index contributed by atoms with van der Waals surface area (Å²) in [5.41, 5.74) is 5.34. The summed E-state index contributed by atoms with van der Waals surface area (Å²) in [4.78, 5) is 0. The van der Waals surface area contributed by atoms with E-state index in [1.165, 1.54) is 6.42 Å². The molecule has 0 aliphatic heterocycles. The van der Waals surface area contributed by atoms with Gasteiger partial charge in [0, 0.05) is 0 Å². The molecular weight excluding hydrogens is 124 g/mol. The highest BCUT2D eigenvalue weighted by molar-refractivity contribution is 4.51. The van der Waals surface area contributed by atoms with Crippen LogP contribution in [0.15, 0.2) is 0 Å². The van der Waals surface area contributed by atoms with Crippen molar-refractivity contribution in [3.8, 4) is 0 Å². The van der Waals surface area contributed by atoms with Gasteiger partial charge >= 0.3 is 0 Å². The van der Waals surface area contributed by atoms with Gasteiger partial charge in [0.25, 0.3) is 0 Å². The van der Waals surface area contributed by atoms with Gasteiger partial charge in [-0.2, -0.15) is 0 Å². The second kappa shape index (κ2) is 7.03. The Morgan fingerprint density at radius 3 is 2.50 bits per heavy atom. The van der Waals surface area contributed by atoms with E-state index in [9.17, 15) is 0 Å². The van der Waals surface area contributed by atoms with E-state index in [0.29, 0.717) is 0 Å². The Balaban J connectivity index is 2.77. The van der Waals surface area contributed by atoms with Gasteiger partial charge in [0.1, 0.15) is 0 Å². The van der Waals surface area contributed by atoms with Crippen LogP contribution < -0.4 is 11.1 Å². The molecule has 3 N–H and O–H groups in total. The quantitative estimate of drug-likeness (QED) is 0.545. The largest absolute Gasteiger partial charge is 0.330 e. The Morgan fingerprint density at radius 2 is 2.00 bits per heavy atom. The molecule has 0 rings (SSSR count). The van der Waals surface area contributed by atoms with Crippen molar-refractivity contribution < 1.29 is 0 Å². The molecule has 0 atom stereocenters. The molecule has 62 valence electrons. The maximum Gasteiger partial charge on any atom is -0.00258 e. The first-order chi connectivity index (χ1) is 4.77. The van der Waals surface area contributed by atoms with Gasteiger partial charge in [-0.15, -0.1) is 0 Å². The number of hydrogen-bond donors (Lipinski definition) is 2.